The highest BCUT2D eigenvalue weighted by Gasteiger charge is 2.14. The summed E-state index contributed by atoms with van der Waals surface area (Å²) in [7, 11) is 0. The Bertz CT molecular complexity index is 339. The molecule has 1 aliphatic rings. The van der Waals surface area contributed by atoms with Gasteiger partial charge in [0, 0.05) is 22.2 Å². The Balaban J connectivity index is 1.74. The van der Waals surface area contributed by atoms with Crippen molar-refractivity contribution < 1.29 is 0 Å². The van der Waals surface area contributed by atoms with Crippen LogP contribution in [0.15, 0.2) is 18.2 Å². The van der Waals surface area contributed by atoms with Gasteiger partial charge < -0.3 is 5.32 Å². The molecule has 0 aliphatic heterocycles. The zero-order chi connectivity index (χ0) is 12.1. The van der Waals surface area contributed by atoms with E-state index >= 15 is 0 Å². The molecule has 1 aromatic carbocycles. The van der Waals surface area contributed by atoms with Gasteiger partial charge in [0.15, 0.2) is 0 Å². The van der Waals surface area contributed by atoms with Crippen molar-refractivity contribution in [2.75, 3.05) is 6.54 Å². The first-order chi connectivity index (χ1) is 8.27. The fraction of sp³-hybridized carbons (Fsp3) is 0.571. The van der Waals surface area contributed by atoms with E-state index in [4.69, 9.17) is 23.2 Å². The average molecular weight is 272 g/mol. The Morgan fingerprint density at radius 2 is 1.76 bits per heavy atom. The van der Waals surface area contributed by atoms with Crippen LogP contribution in [-0.4, -0.2) is 6.54 Å². The van der Waals surface area contributed by atoms with Crippen LogP contribution >= 0.6 is 23.2 Å². The maximum atomic E-state index is 6.11. The molecule has 1 fully saturated rings. The molecule has 0 unspecified atom stereocenters. The lowest BCUT2D eigenvalue weighted by Crippen LogP contribution is -2.17. The number of benzene rings is 1. The summed E-state index contributed by atoms with van der Waals surface area (Å²) in [5.41, 5.74) is 1.02. The predicted octanol–water partition coefficient (Wildman–Crippen LogP) is 4.66. The molecule has 17 heavy (non-hydrogen) atoms. The first-order valence-corrected chi connectivity index (χ1v) is 7.16. The summed E-state index contributed by atoms with van der Waals surface area (Å²) in [5, 5.41) is 4.95. The highest BCUT2D eigenvalue weighted by Crippen LogP contribution is 2.27. The van der Waals surface area contributed by atoms with E-state index in [1.165, 1.54) is 32.1 Å². The van der Waals surface area contributed by atoms with E-state index in [9.17, 15) is 0 Å². The van der Waals surface area contributed by atoms with Crippen molar-refractivity contribution >= 4 is 23.2 Å². The molecule has 0 radical (unpaired) electrons. The number of rotatable bonds is 5. The Kier molecular flexibility index (Phi) is 5.15. The number of nitrogens with one attached hydrogen (secondary N) is 1. The first kappa shape index (κ1) is 13.2. The van der Waals surface area contributed by atoms with E-state index in [0.29, 0.717) is 0 Å². The summed E-state index contributed by atoms with van der Waals surface area (Å²) < 4.78 is 0. The lowest BCUT2D eigenvalue weighted by molar-refractivity contribution is 0.477. The molecule has 0 heterocycles. The van der Waals surface area contributed by atoms with Crippen LogP contribution in [0.4, 0.5) is 0 Å². The molecule has 1 N–H and O–H groups in total. The van der Waals surface area contributed by atoms with Crippen molar-refractivity contribution in [3.63, 3.8) is 0 Å². The van der Waals surface area contributed by atoms with Crippen molar-refractivity contribution in [3.8, 4) is 0 Å². The third-order valence-electron chi connectivity index (χ3n) is 3.57. The molecule has 0 saturated heterocycles. The van der Waals surface area contributed by atoms with Crippen molar-refractivity contribution in [1.29, 1.82) is 0 Å². The summed E-state index contributed by atoms with van der Waals surface area (Å²) in [6, 6.07) is 5.66. The van der Waals surface area contributed by atoms with Gasteiger partial charge in [-0.05, 0) is 31.0 Å². The fourth-order valence-corrected chi connectivity index (χ4v) is 3.05. The highest BCUT2D eigenvalue weighted by atomic mass is 35.5. The topological polar surface area (TPSA) is 12.0 Å². The minimum absolute atomic E-state index is 0.755. The molecule has 0 amide bonds. The zero-order valence-electron chi connectivity index (χ0n) is 10.0. The second kappa shape index (κ2) is 6.63. The van der Waals surface area contributed by atoms with E-state index in [2.05, 4.69) is 5.32 Å². The van der Waals surface area contributed by atoms with Crippen LogP contribution in [0.3, 0.4) is 0 Å². The van der Waals surface area contributed by atoms with Gasteiger partial charge >= 0.3 is 0 Å². The predicted molar refractivity (Wildman–Crippen MR) is 74.7 cm³/mol. The highest BCUT2D eigenvalue weighted by molar-refractivity contribution is 6.35. The monoisotopic (exact) mass is 271 g/mol. The van der Waals surface area contributed by atoms with Crippen molar-refractivity contribution in [2.45, 2.75) is 38.6 Å². The molecule has 0 spiro atoms. The van der Waals surface area contributed by atoms with Gasteiger partial charge in [0.25, 0.3) is 0 Å². The van der Waals surface area contributed by atoms with Gasteiger partial charge in [-0.15, -0.1) is 0 Å². The molecular weight excluding hydrogens is 253 g/mol. The SMILES string of the molecule is Clc1cccc(Cl)c1CNCCC1CCCC1. The van der Waals surface area contributed by atoms with Gasteiger partial charge in [0.2, 0.25) is 0 Å². The van der Waals surface area contributed by atoms with Crippen LogP contribution in [-0.2, 0) is 6.54 Å². The normalized spacial score (nSPS) is 16.6. The summed E-state index contributed by atoms with van der Waals surface area (Å²) in [6.07, 6.45) is 6.94. The van der Waals surface area contributed by atoms with E-state index in [1.54, 1.807) is 0 Å². The maximum Gasteiger partial charge on any atom is 0.0465 e. The number of halogens is 2. The van der Waals surface area contributed by atoms with Crippen molar-refractivity contribution in [2.24, 2.45) is 5.92 Å². The third-order valence-corrected chi connectivity index (χ3v) is 4.28. The fourth-order valence-electron chi connectivity index (χ4n) is 2.52. The maximum absolute atomic E-state index is 6.11. The van der Waals surface area contributed by atoms with Crippen LogP contribution in [0.2, 0.25) is 10.0 Å². The van der Waals surface area contributed by atoms with Crippen molar-refractivity contribution in [1.82, 2.24) is 5.32 Å². The minimum Gasteiger partial charge on any atom is -0.313 e. The summed E-state index contributed by atoms with van der Waals surface area (Å²) in [6.45, 7) is 1.83. The number of hydrogen-bond donors (Lipinski definition) is 1. The van der Waals surface area contributed by atoms with Crippen LogP contribution in [0, 0.1) is 5.92 Å². The average Bonchev–Trinajstić information content (AvgIpc) is 2.80. The van der Waals surface area contributed by atoms with Crippen LogP contribution in [0.5, 0.6) is 0 Å². The van der Waals surface area contributed by atoms with E-state index in [-0.39, 0.29) is 0 Å². The quantitative estimate of drug-likeness (QED) is 0.768. The largest absolute Gasteiger partial charge is 0.313 e. The van der Waals surface area contributed by atoms with Gasteiger partial charge in [-0.3, -0.25) is 0 Å². The molecule has 0 aromatic heterocycles. The van der Waals surface area contributed by atoms with E-state index in [0.717, 1.165) is 34.6 Å². The van der Waals surface area contributed by atoms with Crippen molar-refractivity contribution in [3.05, 3.63) is 33.8 Å². The van der Waals surface area contributed by atoms with Gasteiger partial charge in [0.05, 0.1) is 0 Å². The zero-order valence-corrected chi connectivity index (χ0v) is 11.5. The smallest absolute Gasteiger partial charge is 0.0465 e. The summed E-state index contributed by atoms with van der Waals surface area (Å²) in [4.78, 5) is 0. The Morgan fingerprint density at radius 3 is 2.41 bits per heavy atom. The third kappa shape index (κ3) is 3.87. The lowest BCUT2D eigenvalue weighted by atomic mass is 10.0. The lowest BCUT2D eigenvalue weighted by Gasteiger charge is -2.11. The standard InChI is InChI=1S/C14H19Cl2N/c15-13-6-3-7-14(16)12(13)10-17-9-8-11-4-1-2-5-11/h3,6-7,11,17H,1-2,4-5,8-10H2. The molecule has 1 nitrogen and oxygen atoms in total. The van der Waals surface area contributed by atoms with E-state index in [1.807, 2.05) is 18.2 Å². The molecule has 0 bridgehead atoms. The molecule has 3 heteroatoms. The van der Waals surface area contributed by atoms with Crippen LogP contribution in [0.1, 0.15) is 37.7 Å². The molecule has 94 valence electrons. The van der Waals surface area contributed by atoms with E-state index < -0.39 is 0 Å². The second-order valence-corrected chi connectivity index (χ2v) is 5.63. The van der Waals surface area contributed by atoms with Gasteiger partial charge in [0.1, 0.15) is 0 Å². The molecule has 1 aromatic rings. The Labute approximate surface area is 114 Å². The molecule has 1 saturated carbocycles. The number of hydrogen-bond acceptors (Lipinski definition) is 1. The molecular formula is C14H19Cl2N. The van der Waals surface area contributed by atoms with Crippen LogP contribution in [0.25, 0.3) is 0 Å². The Hall–Kier alpha value is -0.240. The molecule has 0 atom stereocenters. The van der Waals surface area contributed by atoms with Gasteiger partial charge in [-0.1, -0.05) is 55.0 Å². The Morgan fingerprint density at radius 1 is 1.12 bits per heavy atom. The summed E-state index contributed by atoms with van der Waals surface area (Å²) >= 11 is 12.2. The second-order valence-electron chi connectivity index (χ2n) is 4.82. The molecule has 1 aliphatic carbocycles. The first-order valence-electron chi connectivity index (χ1n) is 6.41. The van der Waals surface area contributed by atoms with Gasteiger partial charge in [-0.2, -0.15) is 0 Å². The molecule has 2 rings (SSSR count). The summed E-state index contributed by atoms with van der Waals surface area (Å²) in [5.74, 6) is 0.934. The minimum atomic E-state index is 0.755. The van der Waals surface area contributed by atoms with Gasteiger partial charge in [-0.25, -0.2) is 0 Å². The van der Waals surface area contributed by atoms with Crippen LogP contribution < -0.4 is 5.32 Å².